The molecule has 0 N–H and O–H groups in total. The van der Waals surface area contributed by atoms with Gasteiger partial charge in [0.2, 0.25) is 0 Å². The number of hydrogen-bond donors (Lipinski definition) is 0. The number of esters is 1. The van der Waals surface area contributed by atoms with Crippen molar-refractivity contribution in [2.45, 2.75) is 6.04 Å². The highest BCUT2D eigenvalue weighted by molar-refractivity contribution is 6.23. The Hall–Kier alpha value is -3.34. The summed E-state index contributed by atoms with van der Waals surface area (Å²) in [6, 6.07) is 5.13. The lowest BCUT2D eigenvalue weighted by Gasteiger charge is -2.35. The molecule has 3 heterocycles. The summed E-state index contributed by atoms with van der Waals surface area (Å²) in [6.45, 7) is 3.23. The summed E-state index contributed by atoms with van der Waals surface area (Å²) in [5.41, 5.74) is 0.965. The second-order valence-electron chi connectivity index (χ2n) is 7.97. The van der Waals surface area contributed by atoms with Gasteiger partial charge in [-0.05, 0) is 29.3 Å². The molecule has 0 spiro atoms. The molecular formula is C21H26FN6O4+. The number of fused-ring (bicyclic) bond motifs is 1. The van der Waals surface area contributed by atoms with Gasteiger partial charge in [0, 0.05) is 46.0 Å². The van der Waals surface area contributed by atoms with Crippen LogP contribution in [0.4, 0.5) is 14.9 Å². The van der Waals surface area contributed by atoms with Crippen LogP contribution in [-0.2, 0) is 14.3 Å². The number of nitrogens with zero attached hydrogens (tertiary/aromatic N) is 6. The summed E-state index contributed by atoms with van der Waals surface area (Å²) >= 11 is 0. The van der Waals surface area contributed by atoms with Crippen LogP contribution in [0.3, 0.4) is 0 Å². The zero-order valence-corrected chi connectivity index (χ0v) is 18.3. The van der Waals surface area contributed by atoms with Gasteiger partial charge in [-0.25, -0.2) is 18.6 Å². The zero-order chi connectivity index (χ0) is 23.0. The number of methoxy groups -OCH3 is 1. The lowest BCUT2D eigenvalue weighted by molar-refractivity contribution is -0.527. The van der Waals surface area contributed by atoms with Crippen molar-refractivity contribution in [1.82, 2.24) is 14.7 Å². The number of halogens is 1. The minimum Gasteiger partial charge on any atom is -0.466 e. The third-order valence-electron chi connectivity index (χ3n) is 6.07. The SMILES string of the molecule is COC(=O)C[N+]1=C(CN2CCN(c3ccc(F)cc3)CC2)N=C2C1C(=O)N(C)C(=O)N2C. The molecule has 1 atom stereocenters. The number of amides is 3. The summed E-state index contributed by atoms with van der Waals surface area (Å²) in [7, 11) is 4.28. The Morgan fingerprint density at radius 3 is 2.41 bits per heavy atom. The molecule has 3 aliphatic rings. The highest BCUT2D eigenvalue weighted by atomic mass is 19.1. The van der Waals surface area contributed by atoms with Crippen molar-refractivity contribution < 1.29 is 28.1 Å². The van der Waals surface area contributed by atoms with Crippen molar-refractivity contribution in [3.8, 4) is 0 Å². The number of carbonyl (C=O) groups is 3. The number of imide groups is 1. The van der Waals surface area contributed by atoms with Crippen LogP contribution in [0.15, 0.2) is 29.3 Å². The summed E-state index contributed by atoms with van der Waals surface area (Å²) in [5, 5.41) is 0. The number of amidine groups is 2. The molecular weight excluding hydrogens is 419 g/mol. The molecule has 0 saturated carbocycles. The zero-order valence-electron chi connectivity index (χ0n) is 18.3. The number of urea groups is 1. The molecule has 32 heavy (non-hydrogen) atoms. The van der Waals surface area contributed by atoms with Crippen LogP contribution >= 0.6 is 0 Å². The Labute approximate surface area is 185 Å². The lowest BCUT2D eigenvalue weighted by Crippen LogP contribution is -2.62. The molecule has 1 aromatic carbocycles. The van der Waals surface area contributed by atoms with E-state index in [2.05, 4.69) is 14.8 Å². The van der Waals surface area contributed by atoms with Gasteiger partial charge in [0.1, 0.15) is 12.4 Å². The van der Waals surface area contributed by atoms with Gasteiger partial charge in [0.15, 0.2) is 6.54 Å². The molecule has 170 valence electrons. The largest absolute Gasteiger partial charge is 0.466 e. The number of benzene rings is 1. The van der Waals surface area contributed by atoms with Gasteiger partial charge < -0.3 is 9.64 Å². The van der Waals surface area contributed by atoms with Crippen LogP contribution in [0.2, 0.25) is 0 Å². The number of rotatable bonds is 5. The molecule has 0 radical (unpaired) electrons. The molecule has 10 nitrogen and oxygen atoms in total. The van der Waals surface area contributed by atoms with E-state index in [4.69, 9.17) is 4.74 Å². The number of aliphatic imine (C=N–C) groups is 1. The van der Waals surface area contributed by atoms with Crippen LogP contribution in [0.25, 0.3) is 0 Å². The van der Waals surface area contributed by atoms with Gasteiger partial charge in [-0.1, -0.05) is 0 Å². The third-order valence-corrected chi connectivity index (χ3v) is 6.07. The highest BCUT2D eigenvalue weighted by Crippen LogP contribution is 2.21. The van der Waals surface area contributed by atoms with E-state index >= 15 is 0 Å². The molecule has 2 saturated heterocycles. The van der Waals surface area contributed by atoms with E-state index in [1.165, 1.54) is 31.2 Å². The molecule has 3 amide bonds. The molecule has 3 aliphatic heterocycles. The van der Waals surface area contributed by atoms with Crippen LogP contribution in [-0.4, -0.2) is 115 Å². The average Bonchev–Trinajstić information content (AvgIpc) is 3.15. The summed E-state index contributed by atoms with van der Waals surface area (Å²) in [6.07, 6.45) is 0. The highest BCUT2D eigenvalue weighted by Gasteiger charge is 2.53. The number of hydrogen-bond acceptors (Lipinski definition) is 7. The summed E-state index contributed by atoms with van der Waals surface area (Å²) in [5.74, 6) is -0.308. The Morgan fingerprint density at radius 1 is 1.12 bits per heavy atom. The summed E-state index contributed by atoms with van der Waals surface area (Å²) < 4.78 is 19.6. The van der Waals surface area contributed by atoms with Crippen LogP contribution in [0.1, 0.15) is 0 Å². The van der Waals surface area contributed by atoms with E-state index < -0.39 is 23.9 Å². The van der Waals surface area contributed by atoms with Gasteiger partial charge in [0.05, 0.1) is 7.11 Å². The second kappa shape index (κ2) is 8.65. The Morgan fingerprint density at radius 2 is 1.78 bits per heavy atom. The van der Waals surface area contributed by atoms with Crippen molar-refractivity contribution in [2.75, 3.05) is 65.4 Å². The predicted molar refractivity (Wildman–Crippen MR) is 114 cm³/mol. The maximum absolute atomic E-state index is 13.2. The van der Waals surface area contributed by atoms with E-state index in [0.717, 1.165) is 36.8 Å². The predicted octanol–water partition coefficient (Wildman–Crippen LogP) is -0.164. The Balaban J connectivity index is 1.52. The summed E-state index contributed by atoms with van der Waals surface area (Å²) in [4.78, 5) is 48.6. The quantitative estimate of drug-likeness (QED) is 0.462. The van der Waals surface area contributed by atoms with Crippen molar-refractivity contribution >= 4 is 35.3 Å². The van der Waals surface area contributed by atoms with Gasteiger partial charge >= 0.3 is 17.8 Å². The topological polar surface area (TPSA) is 88.8 Å². The fourth-order valence-corrected chi connectivity index (χ4v) is 4.18. The van der Waals surface area contributed by atoms with Crippen molar-refractivity contribution in [3.63, 3.8) is 0 Å². The van der Waals surface area contributed by atoms with E-state index in [1.807, 2.05) is 0 Å². The van der Waals surface area contributed by atoms with Gasteiger partial charge in [0.25, 0.3) is 17.8 Å². The molecule has 0 bridgehead atoms. The molecule has 11 heteroatoms. The minimum atomic E-state index is -0.836. The number of likely N-dealkylation sites (N-methyl/N-ethyl adjacent to an activating group) is 2. The van der Waals surface area contributed by atoms with Gasteiger partial charge in [-0.2, -0.15) is 0 Å². The molecule has 4 rings (SSSR count). The number of ether oxygens (including phenoxy) is 1. The van der Waals surface area contributed by atoms with Crippen LogP contribution in [0.5, 0.6) is 0 Å². The minimum absolute atomic E-state index is 0.138. The first-order chi connectivity index (χ1) is 15.3. The first-order valence-electron chi connectivity index (χ1n) is 10.4. The second-order valence-corrected chi connectivity index (χ2v) is 7.97. The third kappa shape index (κ3) is 3.95. The number of carbonyl (C=O) groups excluding carboxylic acids is 3. The molecule has 1 aromatic rings. The fourth-order valence-electron chi connectivity index (χ4n) is 4.18. The first-order valence-corrected chi connectivity index (χ1v) is 10.4. The maximum Gasteiger partial charge on any atom is 0.347 e. The lowest BCUT2D eigenvalue weighted by atomic mass is 10.1. The number of piperazine rings is 1. The Kier molecular flexibility index (Phi) is 5.92. The standard InChI is InChI=1S/C21H26FN6O4/c1-24-19-18(20(30)25(2)21(24)31)28(13-17(29)32-3)16(23-19)12-26-8-10-27(11-9-26)15-6-4-14(22)5-7-15/h4-7,18H,8-13H2,1-3H3/q+1. The molecule has 2 fully saturated rings. The smallest absolute Gasteiger partial charge is 0.347 e. The van der Waals surface area contributed by atoms with Gasteiger partial charge in [-0.15, -0.1) is 0 Å². The molecule has 0 aromatic heterocycles. The maximum atomic E-state index is 13.2. The van der Waals surface area contributed by atoms with E-state index in [0.29, 0.717) is 18.2 Å². The van der Waals surface area contributed by atoms with Crippen molar-refractivity contribution in [1.29, 1.82) is 0 Å². The van der Waals surface area contributed by atoms with Crippen molar-refractivity contribution in [2.24, 2.45) is 4.99 Å². The number of anilines is 1. The van der Waals surface area contributed by atoms with Crippen LogP contribution < -0.4 is 4.90 Å². The fraction of sp³-hybridized carbons (Fsp3) is 0.476. The van der Waals surface area contributed by atoms with E-state index in [1.54, 1.807) is 23.8 Å². The van der Waals surface area contributed by atoms with Crippen molar-refractivity contribution in [3.05, 3.63) is 30.1 Å². The monoisotopic (exact) mass is 445 g/mol. The average molecular weight is 445 g/mol. The Bertz CT molecular complexity index is 1000. The van der Waals surface area contributed by atoms with E-state index in [-0.39, 0.29) is 12.4 Å². The van der Waals surface area contributed by atoms with E-state index in [9.17, 15) is 18.8 Å². The molecule has 0 aliphatic carbocycles. The normalized spacial score (nSPS) is 21.8. The van der Waals surface area contributed by atoms with Crippen LogP contribution in [0, 0.1) is 5.82 Å². The van der Waals surface area contributed by atoms with Gasteiger partial charge in [-0.3, -0.25) is 19.5 Å². The first kappa shape index (κ1) is 21.9. The molecule has 1 unspecified atom stereocenters.